The van der Waals surface area contributed by atoms with Crippen LogP contribution in [-0.4, -0.2) is 6.36 Å². The third kappa shape index (κ3) is 3.13. The second-order valence-corrected chi connectivity index (χ2v) is 2.77. The molecule has 0 N–H and O–H groups in total. The molecule has 1 radical (unpaired) electrons. The summed E-state index contributed by atoms with van der Waals surface area (Å²) in [6.45, 7) is 0. The van der Waals surface area contributed by atoms with Crippen LogP contribution in [0, 0.1) is 6.07 Å². The van der Waals surface area contributed by atoms with E-state index in [9.17, 15) is 13.2 Å². The molecular weight excluding hydrogens is 237 g/mol. The minimum absolute atomic E-state index is 0.272. The summed E-state index contributed by atoms with van der Waals surface area (Å²) in [5.41, 5.74) is 0. The quantitative estimate of drug-likeness (QED) is 0.732. The summed E-state index contributed by atoms with van der Waals surface area (Å²) in [4.78, 5) is 0. The Morgan fingerprint density at radius 2 is 2.00 bits per heavy atom. The Morgan fingerprint density at radius 3 is 2.42 bits per heavy atom. The zero-order valence-electron chi connectivity index (χ0n) is 5.65. The molecule has 0 bridgehead atoms. The van der Waals surface area contributed by atoms with E-state index in [-0.39, 0.29) is 5.75 Å². The molecule has 0 aliphatic rings. The lowest BCUT2D eigenvalue weighted by Gasteiger charge is -2.07. The highest BCUT2D eigenvalue weighted by atomic mass is 79.9. The van der Waals surface area contributed by atoms with Crippen molar-refractivity contribution in [3.05, 3.63) is 28.7 Å². The largest absolute Gasteiger partial charge is 0.573 e. The minimum atomic E-state index is -4.64. The zero-order valence-corrected chi connectivity index (χ0v) is 7.24. The maximum absolute atomic E-state index is 11.6. The summed E-state index contributed by atoms with van der Waals surface area (Å²) >= 11 is 3.03. The molecule has 1 aromatic rings. The van der Waals surface area contributed by atoms with Crippen LogP contribution in [0.3, 0.4) is 0 Å². The van der Waals surface area contributed by atoms with Crippen LogP contribution in [0.15, 0.2) is 22.7 Å². The van der Waals surface area contributed by atoms with Crippen LogP contribution in [0.1, 0.15) is 0 Å². The topological polar surface area (TPSA) is 9.23 Å². The molecule has 0 atom stereocenters. The van der Waals surface area contributed by atoms with Crippen LogP contribution in [0.4, 0.5) is 13.2 Å². The Balaban J connectivity index is 2.71. The van der Waals surface area contributed by atoms with Gasteiger partial charge in [0.25, 0.3) is 0 Å². The molecule has 0 saturated carbocycles. The molecule has 0 aromatic heterocycles. The van der Waals surface area contributed by atoms with Crippen molar-refractivity contribution in [2.24, 2.45) is 0 Å². The van der Waals surface area contributed by atoms with Gasteiger partial charge in [0.05, 0.1) is 0 Å². The molecule has 5 heteroatoms. The number of benzene rings is 1. The molecule has 0 spiro atoms. The lowest BCUT2D eigenvalue weighted by molar-refractivity contribution is -0.274. The average molecular weight is 240 g/mol. The lowest BCUT2D eigenvalue weighted by atomic mass is 10.3. The first-order valence-corrected chi connectivity index (χ1v) is 3.70. The fraction of sp³-hybridized carbons (Fsp3) is 0.143. The van der Waals surface area contributed by atoms with E-state index in [1.165, 1.54) is 12.1 Å². The predicted molar refractivity (Wildman–Crippen MR) is 39.7 cm³/mol. The number of hydrogen-bond acceptors (Lipinski definition) is 1. The molecule has 0 unspecified atom stereocenters. The second-order valence-electron chi connectivity index (χ2n) is 1.92. The highest BCUT2D eigenvalue weighted by Gasteiger charge is 2.30. The lowest BCUT2D eigenvalue weighted by Crippen LogP contribution is -2.16. The van der Waals surface area contributed by atoms with Crippen molar-refractivity contribution in [2.45, 2.75) is 6.36 Å². The third-order valence-corrected chi connectivity index (χ3v) is 1.47. The van der Waals surface area contributed by atoms with Crippen molar-refractivity contribution in [1.82, 2.24) is 0 Å². The zero-order chi connectivity index (χ0) is 9.19. The number of halogens is 4. The summed E-state index contributed by atoms with van der Waals surface area (Å²) in [5.74, 6) is -0.272. The second kappa shape index (κ2) is 3.35. The van der Waals surface area contributed by atoms with Crippen molar-refractivity contribution < 1.29 is 17.9 Å². The van der Waals surface area contributed by atoms with Gasteiger partial charge in [0.15, 0.2) is 0 Å². The molecule has 0 heterocycles. The van der Waals surface area contributed by atoms with Gasteiger partial charge in [-0.25, -0.2) is 0 Å². The monoisotopic (exact) mass is 239 g/mol. The molecule has 0 saturated heterocycles. The number of ether oxygens (including phenoxy) is 1. The van der Waals surface area contributed by atoms with Gasteiger partial charge in [-0.15, -0.1) is 13.2 Å². The molecular formula is C7H3BrF3O. The van der Waals surface area contributed by atoms with Crippen molar-refractivity contribution >= 4 is 15.9 Å². The van der Waals surface area contributed by atoms with E-state index >= 15 is 0 Å². The van der Waals surface area contributed by atoms with E-state index in [1.807, 2.05) is 0 Å². The smallest absolute Gasteiger partial charge is 0.406 e. The summed E-state index contributed by atoms with van der Waals surface area (Å²) in [5, 5.41) is 0. The van der Waals surface area contributed by atoms with Gasteiger partial charge in [-0.05, 0) is 18.2 Å². The van der Waals surface area contributed by atoms with E-state index < -0.39 is 6.36 Å². The summed E-state index contributed by atoms with van der Waals surface area (Å²) < 4.78 is 39.0. The first-order chi connectivity index (χ1) is 5.47. The molecule has 12 heavy (non-hydrogen) atoms. The Morgan fingerprint density at radius 1 is 1.33 bits per heavy atom. The number of alkyl halides is 3. The van der Waals surface area contributed by atoms with E-state index in [0.717, 1.165) is 6.07 Å². The Kier molecular flexibility index (Phi) is 2.62. The van der Waals surface area contributed by atoms with Gasteiger partial charge in [0.1, 0.15) is 5.75 Å². The van der Waals surface area contributed by atoms with E-state index in [1.54, 1.807) is 0 Å². The fourth-order valence-corrected chi connectivity index (χ4v) is 0.835. The van der Waals surface area contributed by atoms with Crippen LogP contribution in [0.5, 0.6) is 5.75 Å². The first-order valence-electron chi connectivity index (χ1n) is 2.90. The maximum Gasteiger partial charge on any atom is 0.573 e. The van der Waals surface area contributed by atoms with Gasteiger partial charge >= 0.3 is 6.36 Å². The highest BCUT2D eigenvalue weighted by Crippen LogP contribution is 2.23. The predicted octanol–water partition coefficient (Wildman–Crippen LogP) is 3.15. The van der Waals surface area contributed by atoms with Crippen molar-refractivity contribution in [1.29, 1.82) is 0 Å². The van der Waals surface area contributed by atoms with Crippen LogP contribution >= 0.6 is 15.9 Å². The van der Waals surface area contributed by atoms with Crippen molar-refractivity contribution in [3.8, 4) is 5.75 Å². The van der Waals surface area contributed by atoms with Crippen molar-refractivity contribution in [2.75, 3.05) is 0 Å². The van der Waals surface area contributed by atoms with Gasteiger partial charge in [-0.1, -0.05) is 15.9 Å². The van der Waals surface area contributed by atoms with E-state index in [4.69, 9.17) is 0 Å². The van der Waals surface area contributed by atoms with E-state index in [2.05, 4.69) is 26.7 Å². The Labute approximate surface area is 75.3 Å². The van der Waals surface area contributed by atoms with E-state index in [0.29, 0.717) is 4.47 Å². The van der Waals surface area contributed by atoms with Gasteiger partial charge in [0, 0.05) is 10.5 Å². The molecule has 0 aliphatic heterocycles. The number of hydrogen-bond donors (Lipinski definition) is 0. The van der Waals surface area contributed by atoms with Gasteiger partial charge in [-0.3, -0.25) is 0 Å². The highest BCUT2D eigenvalue weighted by molar-refractivity contribution is 9.10. The molecule has 65 valence electrons. The normalized spacial score (nSPS) is 11.3. The minimum Gasteiger partial charge on any atom is -0.406 e. The summed E-state index contributed by atoms with van der Waals surface area (Å²) in [6, 6.07) is 6.24. The molecule has 0 aliphatic carbocycles. The summed E-state index contributed by atoms with van der Waals surface area (Å²) in [6.07, 6.45) is -4.64. The Bertz CT molecular complexity index is 254. The van der Waals surface area contributed by atoms with Crippen LogP contribution in [-0.2, 0) is 0 Å². The fourth-order valence-electron chi connectivity index (χ4n) is 0.589. The van der Waals surface area contributed by atoms with Crippen molar-refractivity contribution in [3.63, 3.8) is 0 Å². The van der Waals surface area contributed by atoms with Gasteiger partial charge < -0.3 is 4.74 Å². The summed E-state index contributed by atoms with van der Waals surface area (Å²) in [7, 11) is 0. The number of rotatable bonds is 1. The first kappa shape index (κ1) is 9.38. The van der Waals surface area contributed by atoms with Gasteiger partial charge in [0.2, 0.25) is 0 Å². The van der Waals surface area contributed by atoms with Gasteiger partial charge in [-0.2, -0.15) is 0 Å². The van der Waals surface area contributed by atoms with Crippen LogP contribution in [0.2, 0.25) is 0 Å². The molecule has 0 amide bonds. The maximum atomic E-state index is 11.6. The van der Waals surface area contributed by atoms with Crippen LogP contribution in [0.25, 0.3) is 0 Å². The SMILES string of the molecule is FC(F)(F)Oc1c[c]c(Br)cc1. The molecule has 1 rings (SSSR count). The Hall–Kier alpha value is -0.710. The standard InChI is InChI=1S/C7H3BrF3O/c8-5-1-3-6(4-2-5)12-7(9,10)11/h1,3-4H. The molecule has 1 aromatic carbocycles. The molecule has 1 nitrogen and oxygen atoms in total. The molecule has 0 fully saturated rings. The average Bonchev–Trinajstić information content (AvgIpc) is 1.91. The third-order valence-electron chi connectivity index (χ3n) is 0.980. The van der Waals surface area contributed by atoms with Crippen LogP contribution < -0.4 is 4.74 Å².